The van der Waals surface area contributed by atoms with Crippen LogP contribution in [0.3, 0.4) is 0 Å². The first-order valence-corrected chi connectivity index (χ1v) is 4.62. The minimum absolute atomic E-state index is 0.278. The third kappa shape index (κ3) is 31.3. The van der Waals surface area contributed by atoms with E-state index in [4.69, 9.17) is 26.2 Å². The van der Waals surface area contributed by atoms with Gasteiger partial charge in [0.2, 0.25) is 0 Å². The molecule has 0 heterocycles. The van der Waals surface area contributed by atoms with Gasteiger partial charge < -0.3 is 37.6 Å². The van der Waals surface area contributed by atoms with Crippen molar-refractivity contribution in [3.63, 3.8) is 0 Å². The quantitative estimate of drug-likeness (QED) is 0.267. The molecule has 0 bridgehead atoms. The van der Waals surface area contributed by atoms with E-state index in [1.807, 2.05) is 0 Å². The van der Waals surface area contributed by atoms with E-state index in [2.05, 4.69) is 11.5 Å². The van der Waals surface area contributed by atoms with Gasteiger partial charge in [-0.3, -0.25) is 19.2 Å². The zero-order valence-electron chi connectivity index (χ0n) is 9.85. The van der Waals surface area contributed by atoms with E-state index in [1.54, 1.807) is 0 Å². The van der Waals surface area contributed by atoms with Crippen LogP contribution in [0.1, 0.15) is 6.42 Å². The summed E-state index contributed by atoms with van der Waals surface area (Å²) in [5.74, 6) is -4.43. The molecule has 0 spiro atoms. The van der Waals surface area contributed by atoms with Crippen molar-refractivity contribution >= 4 is 23.9 Å². The predicted molar refractivity (Wildman–Crippen MR) is 61.2 cm³/mol. The molecule has 0 aliphatic carbocycles. The molecule has 1 unspecified atom stereocenters. The fourth-order valence-electron chi connectivity index (χ4n) is 0.275. The Bertz CT molecular complexity index is 292. The first kappa shape index (κ1) is 22.0. The highest BCUT2D eigenvalue weighted by Crippen LogP contribution is 1.86. The lowest BCUT2D eigenvalue weighted by Gasteiger charge is -1.99. The van der Waals surface area contributed by atoms with Crippen LogP contribution in [-0.2, 0) is 19.2 Å². The molecule has 0 amide bonds. The summed E-state index contributed by atoms with van der Waals surface area (Å²) in [5, 5.41) is 31.2. The minimum Gasteiger partial charge on any atom is -0.481 e. The van der Waals surface area contributed by atoms with Gasteiger partial charge in [0.25, 0.3) is 0 Å². The Balaban J connectivity index is -0.000000219. The second-order valence-corrected chi connectivity index (χ2v) is 2.74. The summed E-state index contributed by atoms with van der Waals surface area (Å²) in [6.07, 6.45) is -0.532. The van der Waals surface area contributed by atoms with Gasteiger partial charge in [-0.25, -0.2) is 0 Å². The Morgan fingerprint density at radius 2 is 1.05 bits per heavy atom. The summed E-state index contributed by atoms with van der Waals surface area (Å²) >= 11 is 0. The SMILES string of the molecule is NC(CC(=O)O)C(=O)O.NCC(=O)O.NCC(=O)O. The fourth-order valence-corrected chi connectivity index (χ4v) is 0.275. The standard InChI is InChI=1S/C4H7NO4.2C2H5NO2/c5-2(4(8)9)1-3(6)7;2*3-1-2(4)5/h2H,1,5H2,(H,6,7)(H,8,9);2*1,3H2,(H,4,5). The number of aliphatic carboxylic acids is 4. The highest BCUT2D eigenvalue weighted by atomic mass is 16.4. The van der Waals surface area contributed by atoms with Gasteiger partial charge in [0, 0.05) is 0 Å². The molecule has 0 fully saturated rings. The summed E-state index contributed by atoms with van der Waals surface area (Å²) in [5.41, 5.74) is 14.0. The van der Waals surface area contributed by atoms with Gasteiger partial charge in [0.1, 0.15) is 6.04 Å². The maximum absolute atomic E-state index is 9.85. The van der Waals surface area contributed by atoms with Crippen LogP contribution in [-0.4, -0.2) is 63.4 Å². The van der Waals surface area contributed by atoms with Crippen molar-refractivity contribution in [2.45, 2.75) is 12.5 Å². The maximum Gasteiger partial charge on any atom is 0.321 e. The molecule has 1 atom stereocenters. The monoisotopic (exact) mass is 283 g/mol. The topological polar surface area (TPSA) is 227 Å². The molecule has 0 aromatic carbocycles. The summed E-state index contributed by atoms with van der Waals surface area (Å²) < 4.78 is 0. The Labute approximate surface area is 107 Å². The van der Waals surface area contributed by atoms with Gasteiger partial charge in [-0.15, -0.1) is 0 Å². The molecule has 0 aliphatic rings. The number of rotatable bonds is 5. The third-order valence-corrected chi connectivity index (χ3v) is 1.06. The Morgan fingerprint density at radius 3 is 1.11 bits per heavy atom. The van der Waals surface area contributed by atoms with E-state index in [1.165, 1.54) is 0 Å². The second-order valence-electron chi connectivity index (χ2n) is 2.74. The smallest absolute Gasteiger partial charge is 0.321 e. The average Bonchev–Trinajstić information content (AvgIpc) is 2.29. The molecule has 0 aromatic rings. The zero-order chi connectivity index (χ0) is 16.0. The number of carbonyl (C=O) groups is 4. The van der Waals surface area contributed by atoms with Crippen LogP contribution in [0, 0.1) is 0 Å². The molecule has 0 saturated carbocycles. The van der Waals surface area contributed by atoms with Crippen molar-refractivity contribution in [3.05, 3.63) is 0 Å². The molecule has 0 aliphatic heterocycles. The molecule has 0 aromatic heterocycles. The van der Waals surface area contributed by atoms with Crippen LogP contribution >= 0.6 is 0 Å². The number of hydrogen-bond donors (Lipinski definition) is 7. The number of carboxylic acids is 4. The lowest BCUT2D eigenvalue weighted by molar-refractivity contribution is -0.144. The van der Waals surface area contributed by atoms with Crippen molar-refractivity contribution in [2.24, 2.45) is 17.2 Å². The molecular weight excluding hydrogens is 266 g/mol. The molecule has 0 saturated heterocycles. The molecule has 11 nitrogen and oxygen atoms in total. The van der Waals surface area contributed by atoms with Crippen LogP contribution in [0.2, 0.25) is 0 Å². The van der Waals surface area contributed by atoms with E-state index < -0.39 is 36.3 Å². The normalized spacial score (nSPS) is 9.84. The van der Waals surface area contributed by atoms with Gasteiger partial charge in [0.15, 0.2) is 0 Å². The van der Waals surface area contributed by atoms with Crippen molar-refractivity contribution in [2.75, 3.05) is 13.1 Å². The first-order valence-electron chi connectivity index (χ1n) is 4.62. The molecular formula is C8H17N3O8. The van der Waals surface area contributed by atoms with Crippen LogP contribution in [0.5, 0.6) is 0 Å². The van der Waals surface area contributed by atoms with Crippen LogP contribution < -0.4 is 17.2 Å². The summed E-state index contributed by atoms with van der Waals surface area (Å²) in [7, 11) is 0. The first-order chi connectivity index (χ1) is 8.58. The van der Waals surface area contributed by atoms with Gasteiger partial charge in [-0.1, -0.05) is 0 Å². The Morgan fingerprint density at radius 1 is 0.789 bits per heavy atom. The molecule has 10 N–H and O–H groups in total. The van der Waals surface area contributed by atoms with E-state index >= 15 is 0 Å². The zero-order valence-corrected chi connectivity index (χ0v) is 9.85. The third-order valence-electron chi connectivity index (χ3n) is 1.06. The van der Waals surface area contributed by atoms with Gasteiger partial charge in [-0.2, -0.15) is 0 Å². The van der Waals surface area contributed by atoms with E-state index in [0.29, 0.717) is 0 Å². The lowest BCUT2D eigenvalue weighted by Crippen LogP contribution is -2.32. The lowest BCUT2D eigenvalue weighted by atomic mass is 10.2. The number of carboxylic acid groups (broad SMARTS) is 4. The molecule has 19 heavy (non-hydrogen) atoms. The van der Waals surface area contributed by atoms with Crippen molar-refractivity contribution in [1.29, 1.82) is 0 Å². The van der Waals surface area contributed by atoms with Crippen molar-refractivity contribution in [3.8, 4) is 0 Å². The van der Waals surface area contributed by atoms with Crippen LogP contribution in [0.25, 0.3) is 0 Å². The summed E-state index contributed by atoms with van der Waals surface area (Å²) in [4.78, 5) is 38.1. The van der Waals surface area contributed by atoms with Crippen molar-refractivity contribution in [1.82, 2.24) is 0 Å². The summed E-state index contributed by atoms with van der Waals surface area (Å²) in [6.45, 7) is -0.556. The van der Waals surface area contributed by atoms with E-state index in [-0.39, 0.29) is 13.1 Å². The minimum atomic E-state index is -1.29. The number of hydrogen-bond acceptors (Lipinski definition) is 7. The number of nitrogens with two attached hydrogens (primary N) is 3. The Hall–Kier alpha value is -2.24. The molecule has 11 heteroatoms. The van der Waals surface area contributed by atoms with Crippen LogP contribution in [0.4, 0.5) is 0 Å². The van der Waals surface area contributed by atoms with Crippen molar-refractivity contribution < 1.29 is 39.6 Å². The average molecular weight is 283 g/mol. The second kappa shape index (κ2) is 13.8. The maximum atomic E-state index is 9.85. The predicted octanol–water partition coefficient (Wildman–Crippen LogP) is -3.07. The molecule has 112 valence electrons. The Kier molecular flexibility index (Phi) is 16.0. The fraction of sp³-hybridized carbons (Fsp3) is 0.500. The molecule has 0 rings (SSSR count). The molecule has 0 radical (unpaired) electrons. The van der Waals surface area contributed by atoms with Crippen LogP contribution in [0.15, 0.2) is 0 Å². The van der Waals surface area contributed by atoms with Gasteiger partial charge >= 0.3 is 23.9 Å². The van der Waals surface area contributed by atoms with E-state index in [0.717, 1.165) is 0 Å². The highest BCUT2D eigenvalue weighted by Gasteiger charge is 2.14. The van der Waals surface area contributed by atoms with Gasteiger partial charge in [-0.05, 0) is 0 Å². The largest absolute Gasteiger partial charge is 0.481 e. The summed E-state index contributed by atoms with van der Waals surface area (Å²) in [6, 6.07) is -1.29. The van der Waals surface area contributed by atoms with Gasteiger partial charge in [0.05, 0.1) is 19.5 Å². The highest BCUT2D eigenvalue weighted by molar-refractivity contribution is 5.80. The van der Waals surface area contributed by atoms with E-state index in [9.17, 15) is 19.2 Å².